The molecule has 0 fully saturated rings. The highest BCUT2D eigenvalue weighted by atomic mass is 16.7. The van der Waals surface area contributed by atoms with E-state index in [1.54, 1.807) is 31.4 Å². The van der Waals surface area contributed by atoms with E-state index in [2.05, 4.69) is 0 Å². The number of hydrogen-bond acceptors (Lipinski definition) is 6. The zero-order valence-electron chi connectivity index (χ0n) is 14.2. The molecule has 0 amide bonds. The van der Waals surface area contributed by atoms with E-state index in [9.17, 15) is 14.9 Å². The van der Waals surface area contributed by atoms with E-state index in [1.807, 2.05) is 0 Å². The highest BCUT2D eigenvalue weighted by Crippen LogP contribution is 2.29. The van der Waals surface area contributed by atoms with Gasteiger partial charge in [-0.05, 0) is 17.7 Å². The Morgan fingerprint density at radius 3 is 2.20 bits per heavy atom. The number of rotatable bonds is 8. The fourth-order valence-corrected chi connectivity index (χ4v) is 2.56. The molecule has 0 N–H and O–H groups in total. The molecule has 2 rings (SSSR count). The van der Waals surface area contributed by atoms with Crippen molar-refractivity contribution in [3.63, 3.8) is 0 Å². The van der Waals surface area contributed by atoms with Crippen LogP contribution in [0.25, 0.3) is 0 Å². The predicted octanol–water partition coefficient (Wildman–Crippen LogP) is 3.19. The molecule has 1 unspecified atom stereocenters. The lowest BCUT2D eigenvalue weighted by atomic mass is 9.89. The van der Waals surface area contributed by atoms with Crippen LogP contribution in [0.15, 0.2) is 48.5 Å². The second-order valence-electron chi connectivity index (χ2n) is 5.26. The maximum absolute atomic E-state index is 13.0. The molecule has 7 heteroatoms. The summed E-state index contributed by atoms with van der Waals surface area (Å²) in [6.45, 7) is 0. The Balaban J connectivity index is 2.45. The molecule has 0 aliphatic carbocycles. The van der Waals surface area contributed by atoms with Crippen molar-refractivity contribution in [3.8, 4) is 5.75 Å². The number of Topliss-reactive ketones (excluding diaryl/α,β-unsaturated/α-hetero) is 1. The minimum Gasteiger partial charge on any atom is -0.497 e. The molecule has 0 aliphatic heterocycles. The molecule has 0 radical (unpaired) electrons. The maximum Gasteiger partial charge on any atom is 0.270 e. The fourth-order valence-electron chi connectivity index (χ4n) is 2.56. The molecule has 0 saturated heterocycles. The fraction of sp³-hybridized carbons (Fsp3) is 0.278. The van der Waals surface area contributed by atoms with Crippen molar-refractivity contribution in [2.45, 2.75) is 12.2 Å². The van der Waals surface area contributed by atoms with Crippen LogP contribution in [0.1, 0.15) is 21.8 Å². The summed E-state index contributed by atoms with van der Waals surface area (Å²) in [5, 5.41) is 11.0. The normalized spacial score (nSPS) is 12.0. The zero-order chi connectivity index (χ0) is 18.4. The molecular weight excluding hydrogens is 326 g/mol. The molecule has 0 bridgehead atoms. The van der Waals surface area contributed by atoms with Gasteiger partial charge >= 0.3 is 0 Å². The molecule has 0 saturated carbocycles. The lowest BCUT2D eigenvalue weighted by Crippen LogP contribution is -2.29. The van der Waals surface area contributed by atoms with E-state index < -0.39 is 17.1 Å². The summed E-state index contributed by atoms with van der Waals surface area (Å²) >= 11 is 0. The summed E-state index contributed by atoms with van der Waals surface area (Å²) in [6, 6.07) is 12.5. The monoisotopic (exact) mass is 345 g/mol. The quantitative estimate of drug-likeness (QED) is 0.316. The topological polar surface area (TPSA) is 87.9 Å². The van der Waals surface area contributed by atoms with Crippen molar-refractivity contribution in [1.82, 2.24) is 0 Å². The van der Waals surface area contributed by atoms with Crippen LogP contribution in [0.2, 0.25) is 0 Å². The first-order valence-corrected chi connectivity index (χ1v) is 7.50. The highest BCUT2D eigenvalue weighted by Gasteiger charge is 2.31. The number of hydrogen-bond donors (Lipinski definition) is 0. The summed E-state index contributed by atoms with van der Waals surface area (Å²) in [6.07, 6.45) is -0.833. The first-order chi connectivity index (χ1) is 12.0. The van der Waals surface area contributed by atoms with Gasteiger partial charge in [-0.1, -0.05) is 24.3 Å². The number of ketones is 1. The van der Waals surface area contributed by atoms with Crippen LogP contribution in [-0.2, 0) is 9.47 Å². The Morgan fingerprint density at radius 1 is 1.04 bits per heavy atom. The largest absolute Gasteiger partial charge is 0.497 e. The second-order valence-corrected chi connectivity index (χ2v) is 5.26. The highest BCUT2D eigenvalue weighted by molar-refractivity contribution is 6.01. The Morgan fingerprint density at radius 2 is 1.68 bits per heavy atom. The number of nitro groups is 1. The lowest BCUT2D eigenvalue weighted by Gasteiger charge is -2.24. The van der Waals surface area contributed by atoms with E-state index in [-0.39, 0.29) is 17.0 Å². The van der Waals surface area contributed by atoms with Gasteiger partial charge in [0.25, 0.3) is 5.69 Å². The van der Waals surface area contributed by atoms with Crippen LogP contribution in [-0.4, -0.2) is 38.3 Å². The van der Waals surface area contributed by atoms with Crippen LogP contribution in [0.5, 0.6) is 5.75 Å². The minimum absolute atomic E-state index is 0.147. The standard InChI is InChI=1S/C18H19NO6/c1-23-15-9-7-12(8-10-15)16(18(24-2)25-3)17(20)13-5-4-6-14(11-13)19(21)22/h4-11,16,18H,1-3H3. The molecule has 132 valence electrons. The summed E-state index contributed by atoms with van der Waals surface area (Å²) in [7, 11) is 4.42. The van der Waals surface area contributed by atoms with Crippen LogP contribution in [0.3, 0.4) is 0 Å². The van der Waals surface area contributed by atoms with Crippen LogP contribution in [0, 0.1) is 10.1 Å². The summed E-state index contributed by atoms with van der Waals surface area (Å²) < 4.78 is 15.7. The summed E-state index contributed by atoms with van der Waals surface area (Å²) in [4.78, 5) is 23.4. The molecule has 2 aromatic carbocycles. The van der Waals surface area contributed by atoms with Crippen molar-refractivity contribution in [2.24, 2.45) is 0 Å². The Labute approximate surface area is 145 Å². The van der Waals surface area contributed by atoms with Gasteiger partial charge in [0, 0.05) is 31.9 Å². The van der Waals surface area contributed by atoms with Gasteiger partial charge < -0.3 is 14.2 Å². The van der Waals surface area contributed by atoms with Gasteiger partial charge in [-0.15, -0.1) is 0 Å². The average molecular weight is 345 g/mol. The van der Waals surface area contributed by atoms with Crippen molar-refractivity contribution < 1.29 is 23.9 Å². The number of nitrogens with zero attached hydrogens (tertiary/aromatic N) is 1. The van der Waals surface area contributed by atoms with Gasteiger partial charge in [-0.3, -0.25) is 14.9 Å². The number of ether oxygens (including phenoxy) is 3. The van der Waals surface area contributed by atoms with Crippen molar-refractivity contribution in [1.29, 1.82) is 0 Å². The zero-order valence-corrected chi connectivity index (χ0v) is 14.2. The first kappa shape index (κ1) is 18.6. The third-order valence-electron chi connectivity index (χ3n) is 3.84. The van der Waals surface area contributed by atoms with E-state index in [0.29, 0.717) is 11.3 Å². The third kappa shape index (κ3) is 4.20. The van der Waals surface area contributed by atoms with Gasteiger partial charge in [-0.2, -0.15) is 0 Å². The molecule has 0 spiro atoms. The Bertz CT molecular complexity index is 739. The predicted molar refractivity (Wildman–Crippen MR) is 91.0 cm³/mol. The van der Waals surface area contributed by atoms with Crippen molar-refractivity contribution >= 4 is 11.5 Å². The van der Waals surface area contributed by atoms with E-state index >= 15 is 0 Å². The van der Waals surface area contributed by atoms with Crippen LogP contribution < -0.4 is 4.74 Å². The van der Waals surface area contributed by atoms with Gasteiger partial charge in [0.1, 0.15) is 5.75 Å². The van der Waals surface area contributed by atoms with Crippen molar-refractivity contribution in [2.75, 3.05) is 21.3 Å². The summed E-state index contributed by atoms with van der Waals surface area (Å²) in [5.41, 5.74) is 0.728. The second kappa shape index (κ2) is 8.36. The maximum atomic E-state index is 13.0. The summed E-state index contributed by atoms with van der Waals surface area (Å²) in [5.74, 6) is -0.456. The number of carbonyl (C=O) groups excluding carboxylic acids is 1. The lowest BCUT2D eigenvalue weighted by molar-refractivity contribution is -0.384. The van der Waals surface area contributed by atoms with Crippen molar-refractivity contribution in [3.05, 3.63) is 69.8 Å². The molecular formula is C18H19NO6. The van der Waals surface area contributed by atoms with E-state index in [0.717, 1.165) is 0 Å². The smallest absolute Gasteiger partial charge is 0.270 e. The van der Waals surface area contributed by atoms with E-state index in [4.69, 9.17) is 14.2 Å². The average Bonchev–Trinajstić information content (AvgIpc) is 2.65. The third-order valence-corrected chi connectivity index (χ3v) is 3.84. The number of benzene rings is 2. The number of non-ortho nitro benzene ring substituents is 1. The molecule has 1 atom stereocenters. The molecule has 0 aliphatic rings. The molecule has 7 nitrogen and oxygen atoms in total. The molecule has 2 aromatic rings. The van der Waals surface area contributed by atoms with Crippen LogP contribution >= 0.6 is 0 Å². The number of methoxy groups -OCH3 is 3. The van der Waals surface area contributed by atoms with Crippen LogP contribution in [0.4, 0.5) is 5.69 Å². The van der Waals surface area contributed by atoms with E-state index in [1.165, 1.54) is 38.5 Å². The van der Waals surface area contributed by atoms with Gasteiger partial charge in [0.2, 0.25) is 0 Å². The Hall–Kier alpha value is -2.77. The minimum atomic E-state index is -0.833. The van der Waals surface area contributed by atoms with Gasteiger partial charge in [0.15, 0.2) is 12.1 Å². The first-order valence-electron chi connectivity index (χ1n) is 7.50. The number of carbonyl (C=O) groups is 1. The Kier molecular flexibility index (Phi) is 6.21. The molecule has 0 heterocycles. The van der Waals surface area contributed by atoms with Gasteiger partial charge in [0.05, 0.1) is 18.0 Å². The SMILES string of the molecule is COc1ccc(C(C(=O)c2cccc([N+](=O)[O-])c2)C(OC)OC)cc1. The molecule has 25 heavy (non-hydrogen) atoms. The number of nitro benzene ring substituents is 1. The molecule has 0 aromatic heterocycles. The van der Waals surface area contributed by atoms with Gasteiger partial charge in [-0.25, -0.2) is 0 Å².